The summed E-state index contributed by atoms with van der Waals surface area (Å²) in [6.45, 7) is 6.16. The van der Waals surface area contributed by atoms with Crippen molar-refractivity contribution in [2.45, 2.75) is 38.6 Å². The second-order valence-corrected chi connectivity index (χ2v) is 10.5. The number of aryl methyl sites for hydroxylation is 1. The molecular formula is C28H32ClN7O3. The molecule has 2 aromatic rings. The van der Waals surface area contributed by atoms with Gasteiger partial charge in [0, 0.05) is 42.5 Å². The lowest BCUT2D eigenvalue weighted by Gasteiger charge is -2.37. The normalized spacial score (nSPS) is 24.3. The first-order valence-corrected chi connectivity index (χ1v) is 13.6. The summed E-state index contributed by atoms with van der Waals surface area (Å²) in [7, 11) is 0. The van der Waals surface area contributed by atoms with E-state index in [1.165, 1.54) is 5.57 Å². The molecule has 2 saturated heterocycles. The predicted octanol–water partition coefficient (Wildman–Crippen LogP) is 2.20. The van der Waals surface area contributed by atoms with Gasteiger partial charge in [0.15, 0.2) is 0 Å². The van der Waals surface area contributed by atoms with E-state index in [1.54, 1.807) is 6.07 Å². The molecule has 4 aliphatic rings. The summed E-state index contributed by atoms with van der Waals surface area (Å²) in [5, 5.41) is 16.3. The average Bonchev–Trinajstić information content (AvgIpc) is 3.51. The molecule has 6 rings (SSSR count). The average molecular weight is 550 g/mol. The van der Waals surface area contributed by atoms with Crippen LogP contribution in [0.15, 0.2) is 65.8 Å². The van der Waals surface area contributed by atoms with E-state index in [0.29, 0.717) is 36.7 Å². The van der Waals surface area contributed by atoms with Crippen LogP contribution in [0, 0.1) is 6.92 Å². The van der Waals surface area contributed by atoms with Crippen molar-refractivity contribution >= 4 is 28.9 Å². The number of aliphatic hydroxyl groups excluding tert-OH is 1. The van der Waals surface area contributed by atoms with Gasteiger partial charge in [0.05, 0.1) is 41.2 Å². The minimum absolute atomic E-state index is 0.0259. The van der Waals surface area contributed by atoms with E-state index >= 15 is 0 Å². The Balaban J connectivity index is 1.16. The molecule has 1 amide bonds. The van der Waals surface area contributed by atoms with Gasteiger partial charge in [-0.05, 0) is 50.1 Å². The summed E-state index contributed by atoms with van der Waals surface area (Å²) in [5.74, 6) is 1.29. The van der Waals surface area contributed by atoms with Gasteiger partial charge in [0.1, 0.15) is 17.7 Å². The molecule has 3 atom stereocenters. The van der Waals surface area contributed by atoms with Crippen LogP contribution in [-0.2, 0) is 4.74 Å². The van der Waals surface area contributed by atoms with Gasteiger partial charge < -0.3 is 20.1 Å². The van der Waals surface area contributed by atoms with E-state index in [2.05, 4.69) is 33.7 Å². The highest BCUT2D eigenvalue weighted by Crippen LogP contribution is 2.38. The maximum absolute atomic E-state index is 12.9. The number of rotatable bonds is 6. The van der Waals surface area contributed by atoms with E-state index in [0.717, 1.165) is 40.5 Å². The summed E-state index contributed by atoms with van der Waals surface area (Å²) in [6, 6.07) is 9.04. The lowest BCUT2D eigenvalue weighted by molar-refractivity contribution is 0.0797. The Morgan fingerprint density at radius 3 is 2.92 bits per heavy atom. The van der Waals surface area contributed by atoms with Gasteiger partial charge in [-0.25, -0.2) is 15.8 Å². The molecule has 0 spiro atoms. The zero-order valence-corrected chi connectivity index (χ0v) is 22.6. The third-order valence-corrected chi connectivity index (χ3v) is 7.84. The van der Waals surface area contributed by atoms with Crippen LogP contribution in [0.2, 0.25) is 5.02 Å². The number of fused-ring (bicyclic) bond motifs is 2. The molecular weight excluding hydrogens is 518 g/mol. The number of amides is 1. The SMILES string of the molecule is CCOC1=CN2NC3NNCC3=C2C(c2ccc(N3CC[C@H](NC(=O)c4c(C)cccc4Cl)[C@H](O)C3)nc2)=C1. The number of halogens is 1. The number of carbonyl (C=O) groups excluding carboxylic acids is 1. The highest BCUT2D eigenvalue weighted by molar-refractivity contribution is 6.34. The number of nitrogens with zero attached hydrogens (tertiary/aromatic N) is 3. The maximum Gasteiger partial charge on any atom is 0.253 e. The van der Waals surface area contributed by atoms with E-state index in [4.69, 9.17) is 21.3 Å². The van der Waals surface area contributed by atoms with Crippen LogP contribution < -0.4 is 26.5 Å². The number of nitrogens with one attached hydrogen (secondary N) is 4. The van der Waals surface area contributed by atoms with Gasteiger partial charge in [-0.1, -0.05) is 23.7 Å². The summed E-state index contributed by atoms with van der Waals surface area (Å²) < 4.78 is 5.83. The lowest BCUT2D eigenvalue weighted by Crippen LogP contribution is -2.54. The fraction of sp³-hybridized carbons (Fsp3) is 0.357. The van der Waals surface area contributed by atoms with Crippen LogP contribution in [-0.4, -0.2) is 65.6 Å². The first kappa shape index (κ1) is 25.8. The van der Waals surface area contributed by atoms with E-state index < -0.39 is 6.10 Å². The molecule has 39 heavy (non-hydrogen) atoms. The Morgan fingerprint density at radius 1 is 1.31 bits per heavy atom. The van der Waals surface area contributed by atoms with Crippen molar-refractivity contribution in [3.63, 3.8) is 0 Å². The number of ether oxygens (including phenoxy) is 1. The maximum atomic E-state index is 12.9. The van der Waals surface area contributed by atoms with Crippen molar-refractivity contribution in [3.8, 4) is 0 Å². The number of hydrogen-bond acceptors (Lipinski definition) is 9. The highest BCUT2D eigenvalue weighted by atomic mass is 35.5. The van der Waals surface area contributed by atoms with Crippen molar-refractivity contribution in [1.82, 2.24) is 31.6 Å². The number of benzene rings is 1. The number of hydrazine groups is 2. The molecule has 0 saturated carbocycles. The lowest BCUT2D eigenvalue weighted by atomic mass is 9.97. The summed E-state index contributed by atoms with van der Waals surface area (Å²) >= 11 is 6.26. The second-order valence-electron chi connectivity index (χ2n) is 10.0. The molecule has 204 valence electrons. The number of hydrogen-bond donors (Lipinski definition) is 5. The van der Waals surface area contributed by atoms with Crippen LogP contribution >= 0.6 is 11.6 Å². The number of allylic oxidation sites excluding steroid dienone is 2. The molecule has 0 aliphatic carbocycles. The predicted molar refractivity (Wildman–Crippen MR) is 149 cm³/mol. The number of β-amino-alcohol motifs (C(OH)–C–C–N with tert-alkyl or cyclic N) is 1. The molecule has 10 nitrogen and oxygen atoms in total. The molecule has 2 fully saturated rings. The van der Waals surface area contributed by atoms with Crippen molar-refractivity contribution in [1.29, 1.82) is 0 Å². The van der Waals surface area contributed by atoms with Crippen molar-refractivity contribution < 1.29 is 14.6 Å². The Labute approximate surface area is 232 Å². The molecule has 1 unspecified atom stereocenters. The summed E-state index contributed by atoms with van der Waals surface area (Å²) in [4.78, 5) is 19.7. The van der Waals surface area contributed by atoms with Gasteiger partial charge in [0.25, 0.3) is 5.91 Å². The highest BCUT2D eigenvalue weighted by Gasteiger charge is 2.37. The number of carbonyl (C=O) groups is 1. The molecule has 0 radical (unpaired) electrons. The smallest absolute Gasteiger partial charge is 0.253 e. The van der Waals surface area contributed by atoms with Crippen LogP contribution in [0.1, 0.15) is 34.8 Å². The molecule has 0 bridgehead atoms. The van der Waals surface area contributed by atoms with Crippen LogP contribution in [0.25, 0.3) is 5.57 Å². The van der Waals surface area contributed by atoms with Crippen molar-refractivity contribution in [2.24, 2.45) is 0 Å². The van der Waals surface area contributed by atoms with Gasteiger partial charge >= 0.3 is 0 Å². The standard InChI is InChI=1S/C28H32ClN7O3/c1-3-39-18-11-19(26-20-13-31-33-27(20)34-36(26)14-18)17-7-8-24(30-12-17)35-10-9-22(23(37)15-35)32-28(38)25-16(2)5-4-6-21(25)29/h4-8,11-12,14,22-23,27,31,33-34,37H,3,9-10,13,15H2,1-2H3,(H,32,38)/t22-,23+,27?/m0/s1. The fourth-order valence-electron chi connectivity index (χ4n) is 5.57. The monoisotopic (exact) mass is 549 g/mol. The van der Waals surface area contributed by atoms with Crippen LogP contribution in [0.4, 0.5) is 5.82 Å². The van der Waals surface area contributed by atoms with Crippen LogP contribution in [0.3, 0.4) is 0 Å². The quantitative estimate of drug-likeness (QED) is 0.370. The fourth-order valence-corrected chi connectivity index (χ4v) is 5.88. The van der Waals surface area contributed by atoms with Gasteiger partial charge in [-0.15, -0.1) is 0 Å². The second kappa shape index (κ2) is 10.6. The molecule has 5 N–H and O–H groups in total. The van der Waals surface area contributed by atoms with Crippen molar-refractivity contribution in [3.05, 3.63) is 87.5 Å². The number of pyridine rings is 1. The van der Waals surface area contributed by atoms with E-state index in [9.17, 15) is 9.90 Å². The Kier molecular flexibility index (Phi) is 7.05. The van der Waals surface area contributed by atoms with Crippen LogP contribution in [0.5, 0.6) is 0 Å². The summed E-state index contributed by atoms with van der Waals surface area (Å²) in [6.07, 6.45) is 5.76. The molecule has 11 heteroatoms. The summed E-state index contributed by atoms with van der Waals surface area (Å²) in [5.41, 5.74) is 15.5. The molecule has 5 heterocycles. The number of piperidine rings is 1. The Hall–Kier alpha value is -3.41. The molecule has 1 aromatic carbocycles. The van der Waals surface area contributed by atoms with Crippen molar-refractivity contribution in [2.75, 3.05) is 31.1 Å². The minimum Gasteiger partial charge on any atom is -0.492 e. The van der Waals surface area contributed by atoms with Gasteiger partial charge in [0.2, 0.25) is 0 Å². The first-order valence-electron chi connectivity index (χ1n) is 13.2. The molecule has 1 aromatic heterocycles. The van der Waals surface area contributed by atoms with E-state index in [-0.39, 0.29) is 18.1 Å². The number of aliphatic hydroxyl groups is 1. The molecule has 4 aliphatic heterocycles. The zero-order chi connectivity index (χ0) is 27.1. The van der Waals surface area contributed by atoms with Gasteiger partial charge in [-0.2, -0.15) is 0 Å². The topological polar surface area (TPSA) is 114 Å². The number of anilines is 1. The third-order valence-electron chi connectivity index (χ3n) is 7.53. The Bertz CT molecular complexity index is 1350. The first-order chi connectivity index (χ1) is 18.9. The minimum atomic E-state index is -0.740. The van der Waals surface area contributed by atoms with Gasteiger partial charge in [-0.3, -0.25) is 15.2 Å². The Morgan fingerprint density at radius 2 is 2.18 bits per heavy atom. The third kappa shape index (κ3) is 4.90. The number of aromatic nitrogens is 1. The van der Waals surface area contributed by atoms with E-state index in [1.807, 2.05) is 54.4 Å². The largest absolute Gasteiger partial charge is 0.492 e. The zero-order valence-electron chi connectivity index (χ0n) is 21.9.